The highest BCUT2D eigenvalue weighted by atomic mass is 31.2. The number of fused-ring (bicyclic) bond motifs is 1. The number of hydrogen-bond donors (Lipinski definition) is 3. The SMILES string of the molecule is COc1ccc(C(OC[C@H]2O[C@@H](n3cnc4c(N)ncnc43)C[C@@H]2OP(C)(=O)OC[C@H]2O[C@@H](n3cc(C)c(=O)[nH]c3=O)C[C@@H]2O)(c2ccccc2)c2ccc(OC)cc2)cc1. The van der Waals surface area contributed by atoms with Crippen LogP contribution in [0, 0.1) is 6.92 Å². The highest BCUT2D eigenvalue weighted by Crippen LogP contribution is 2.50. The normalized spacial score (nSPS) is 22.6. The molecular weight excluding hydrogens is 809 g/mol. The number of methoxy groups -OCH3 is 2. The molecule has 3 aromatic carbocycles. The number of hydrogen-bond acceptors (Lipinski definition) is 15. The smallest absolute Gasteiger partial charge is 0.330 e. The van der Waals surface area contributed by atoms with E-state index in [0.29, 0.717) is 28.2 Å². The molecule has 19 heteroatoms. The van der Waals surface area contributed by atoms with Crippen LogP contribution in [0.15, 0.2) is 107 Å². The van der Waals surface area contributed by atoms with Gasteiger partial charge in [-0.3, -0.25) is 23.5 Å². The van der Waals surface area contributed by atoms with Crippen LogP contribution in [0.2, 0.25) is 0 Å². The van der Waals surface area contributed by atoms with Crippen LogP contribution in [0.3, 0.4) is 0 Å². The first-order chi connectivity index (χ1) is 29.4. The number of nitrogen functional groups attached to an aromatic ring is 1. The number of imidazole rings is 1. The number of benzene rings is 3. The number of aliphatic hydroxyl groups is 1. The minimum atomic E-state index is -3.93. The van der Waals surface area contributed by atoms with E-state index < -0.39 is 61.3 Å². The van der Waals surface area contributed by atoms with Crippen molar-refractivity contribution < 1.29 is 42.4 Å². The van der Waals surface area contributed by atoms with Crippen LogP contribution < -0.4 is 26.5 Å². The van der Waals surface area contributed by atoms with Gasteiger partial charge in [0.15, 0.2) is 11.5 Å². The van der Waals surface area contributed by atoms with Gasteiger partial charge in [0.25, 0.3) is 5.56 Å². The summed E-state index contributed by atoms with van der Waals surface area (Å²) < 4.78 is 60.3. The minimum absolute atomic E-state index is 0.0321. The van der Waals surface area contributed by atoms with Crippen molar-refractivity contribution >= 4 is 24.6 Å². The molecule has 0 aliphatic carbocycles. The Hall–Kier alpha value is -5.72. The first kappa shape index (κ1) is 42.0. The number of anilines is 1. The third-order valence-electron chi connectivity index (χ3n) is 11.0. The number of nitrogens with one attached hydrogen (secondary N) is 1. The van der Waals surface area contributed by atoms with Crippen molar-refractivity contribution in [2.24, 2.45) is 0 Å². The van der Waals surface area contributed by atoms with Gasteiger partial charge in [0.1, 0.15) is 53.6 Å². The van der Waals surface area contributed by atoms with Crippen molar-refractivity contribution in [3.8, 4) is 11.5 Å². The minimum Gasteiger partial charge on any atom is -0.497 e. The number of nitrogens with two attached hydrogens (primary N) is 1. The maximum atomic E-state index is 14.3. The van der Waals surface area contributed by atoms with Gasteiger partial charge in [0.2, 0.25) is 0 Å². The predicted molar refractivity (Wildman–Crippen MR) is 221 cm³/mol. The molecule has 320 valence electrons. The molecule has 4 N–H and O–H groups in total. The molecule has 0 bridgehead atoms. The van der Waals surface area contributed by atoms with Crippen molar-refractivity contribution in [2.75, 3.05) is 39.8 Å². The van der Waals surface area contributed by atoms with Gasteiger partial charge in [0, 0.05) is 31.3 Å². The number of aryl methyl sites for hydroxylation is 1. The van der Waals surface area contributed by atoms with Crippen molar-refractivity contribution in [1.82, 2.24) is 29.1 Å². The molecule has 2 saturated heterocycles. The molecule has 1 unspecified atom stereocenters. The van der Waals surface area contributed by atoms with Crippen molar-refractivity contribution in [3.63, 3.8) is 0 Å². The molecule has 6 aromatic rings. The Bertz CT molecular complexity index is 2590. The van der Waals surface area contributed by atoms with Crippen molar-refractivity contribution in [3.05, 3.63) is 141 Å². The molecule has 2 fully saturated rings. The lowest BCUT2D eigenvalue weighted by Gasteiger charge is -2.37. The summed E-state index contributed by atoms with van der Waals surface area (Å²) in [5.41, 5.74) is 7.24. The van der Waals surface area contributed by atoms with E-state index in [4.69, 9.17) is 38.5 Å². The van der Waals surface area contributed by atoms with Crippen LogP contribution in [-0.2, 0) is 33.4 Å². The van der Waals surface area contributed by atoms with E-state index in [0.717, 1.165) is 16.7 Å². The number of rotatable bonds is 15. The molecule has 0 saturated carbocycles. The molecule has 61 heavy (non-hydrogen) atoms. The lowest BCUT2D eigenvalue weighted by molar-refractivity contribution is -0.0919. The van der Waals surface area contributed by atoms with Crippen LogP contribution in [-0.4, -0.2) is 92.7 Å². The third kappa shape index (κ3) is 8.48. The summed E-state index contributed by atoms with van der Waals surface area (Å²) in [5, 5.41) is 10.9. The van der Waals surface area contributed by atoms with Crippen molar-refractivity contribution in [2.45, 2.75) is 62.2 Å². The van der Waals surface area contributed by atoms with Crippen LogP contribution in [0.4, 0.5) is 5.82 Å². The molecule has 7 atom stereocenters. The Labute approximate surface area is 349 Å². The molecule has 2 aliphatic rings. The zero-order valence-corrected chi connectivity index (χ0v) is 34.7. The molecular formula is C42H46N7O11P. The lowest BCUT2D eigenvalue weighted by atomic mass is 9.80. The number of ether oxygens (including phenoxy) is 5. The van der Waals surface area contributed by atoms with Gasteiger partial charge in [-0.1, -0.05) is 54.6 Å². The number of aromatic nitrogens is 6. The van der Waals surface area contributed by atoms with Gasteiger partial charge in [-0.25, -0.2) is 19.7 Å². The molecule has 0 radical (unpaired) electrons. The molecule has 3 aromatic heterocycles. The van der Waals surface area contributed by atoms with E-state index in [2.05, 4.69) is 19.9 Å². The molecule has 0 spiro atoms. The number of aliphatic hydroxyl groups excluding tert-OH is 1. The highest BCUT2D eigenvalue weighted by molar-refractivity contribution is 7.53. The zero-order chi connectivity index (χ0) is 42.9. The van der Waals surface area contributed by atoms with Crippen LogP contribution >= 0.6 is 7.60 Å². The second kappa shape index (κ2) is 17.3. The summed E-state index contributed by atoms with van der Waals surface area (Å²) in [6, 6.07) is 25.0. The molecule has 0 amide bonds. The number of nitrogens with zero attached hydrogens (tertiary/aromatic N) is 5. The average molecular weight is 856 g/mol. The van der Waals surface area contributed by atoms with Crippen LogP contribution in [0.5, 0.6) is 11.5 Å². The quantitative estimate of drug-likeness (QED) is 0.0958. The fourth-order valence-corrected chi connectivity index (χ4v) is 9.01. The molecule has 8 rings (SSSR count). The number of aromatic amines is 1. The maximum absolute atomic E-state index is 14.3. The Morgan fingerprint density at radius 1 is 0.852 bits per heavy atom. The first-order valence-electron chi connectivity index (χ1n) is 19.5. The second-order valence-corrected chi connectivity index (χ2v) is 16.9. The highest BCUT2D eigenvalue weighted by Gasteiger charge is 2.45. The molecule has 2 aliphatic heterocycles. The Balaban J connectivity index is 1.09. The van der Waals surface area contributed by atoms with E-state index in [-0.39, 0.29) is 31.9 Å². The Morgan fingerprint density at radius 3 is 2.13 bits per heavy atom. The van der Waals surface area contributed by atoms with E-state index in [1.165, 1.54) is 23.8 Å². The van der Waals surface area contributed by atoms with E-state index in [1.54, 1.807) is 32.0 Å². The Morgan fingerprint density at radius 2 is 1.48 bits per heavy atom. The van der Waals surface area contributed by atoms with E-state index in [1.807, 2.05) is 78.9 Å². The third-order valence-corrected chi connectivity index (χ3v) is 12.2. The summed E-state index contributed by atoms with van der Waals surface area (Å²) in [6.07, 6.45) is -0.893. The summed E-state index contributed by atoms with van der Waals surface area (Å²) in [7, 11) is -0.726. The summed E-state index contributed by atoms with van der Waals surface area (Å²) >= 11 is 0. The monoisotopic (exact) mass is 855 g/mol. The largest absolute Gasteiger partial charge is 0.497 e. The van der Waals surface area contributed by atoms with Gasteiger partial charge in [-0.2, -0.15) is 0 Å². The van der Waals surface area contributed by atoms with E-state index in [9.17, 15) is 19.3 Å². The summed E-state index contributed by atoms with van der Waals surface area (Å²) in [6.45, 7) is 2.49. The predicted octanol–water partition coefficient (Wildman–Crippen LogP) is 4.45. The topological polar surface area (TPSA) is 226 Å². The zero-order valence-electron chi connectivity index (χ0n) is 33.8. The Kier molecular flexibility index (Phi) is 11.9. The standard InChI is InChI=1S/C42H46N7O11P/c1-25-20-48(41(52)47-40(25)51)35-18-31(50)33(58-35)22-57-61(4,53)60-32-19-36(49-24-46-37-38(43)44-23-45-39(37)49)59-34(32)21-56-42(26-8-6-5-7-9-26,27-10-14-29(54-2)15-11-27)28-12-16-30(55-3)17-13-28/h5-17,20,23-24,31-36,50H,18-19,21-22H2,1-4H3,(H2,43,44,45)(H,47,51,52)/t31-,32-,33+,34+,35+,36+,61?/m0/s1. The van der Waals surface area contributed by atoms with Gasteiger partial charge < -0.3 is 43.6 Å². The van der Waals surface area contributed by atoms with Crippen molar-refractivity contribution in [1.29, 1.82) is 0 Å². The maximum Gasteiger partial charge on any atom is 0.330 e. The summed E-state index contributed by atoms with van der Waals surface area (Å²) in [5.74, 6) is 1.53. The second-order valence-electron chi connectivity index (χ2n) is 14.9. The van der Waals surface area contributed by atoms with Gasteiger partial charge >= 0.3 is 13.3 Å². The van der Waals surface area contributed by atoms with Crippen LogP contribution in [0.25, 0.3) is 11.2 Å². The lowest BCUT2D eigenvalue weighted by Crippen LogP contribution is -2.38. The van der Waals surface area contributed by atoms with E-state index >= 15 is 0 Å². The fourth-order valence-electron chi connectivity index (χ4n) is 7.82. The van der Waals surface area contributed by atoms with Gasteiger partial charge in [0.05, 0.1) is 46.0 Å². The first-order valence-corrected chi connectivity index (χ1v) is 21.5. The van der Waals surface area contributed by atoms with Crippen LogP contribution in [0.1, 0.15) is 47.6 Å². The van der Waals surface area contributed by atoms with Gasteiger partial charge in [-0.05, 0) is 47.9 Å². The molecule has 18 nitrogen and oxygen atoms in total. The summed E-state index contributed by atoms with van der Waals surface area (Å²) in [4.78, 5) is 39.6. The molecule has 5 heterocycles. The average Bonchev–Trinajstić information content (AvgIpc) is 3.99. The fraction of sp³-hybridized carbons (Fsp3) is 0.357. The van der Waals surface area contributed by atoms with Gasteiger partial charge in [-0.15, -0.1) is 0 Å². The number of H-pyrrole nitrogens is 1.